The summed E-state index contributed by atoms with van der Waals surface area (Å²) >= 11 is 7.13. The zero-order valence-electron chi connectivity index (χ0n) is 39.0. The van der Waals surface area contributed by atoms with Crippen LogP contribution in [0.1, 0.15) is 81.8 Å². The zero-order valence-corrected chi connectivity index (χ0v) is 40.7. The molecule has 1 unspecified atom stereocenters. The van der Waals surface area contributed by atoms with Crippen molar-refractivity contribution in [1.82, 2.24) is 25.4 Å². The van der Waals surface area contributed by atoms with Gasteiger partial charge < -0.3 is 25.7 Å². The Morgan fingerprint density at radius 2 is 1.71 bits per heavy atom. The lowest BCUT2D eigenvalue weighted by atomic mass is 9.84. The molecule has 1 aromatic heterocycles. The second kappa shape index (κ2) is 20.3. The van der Waals surface area contributed by atoms with Crippen LogP contribution in [0.25, 0.3) is 10.4 Å². The third kappa shape index (κ3) is 11.0. The molecule has 4 atom stereocenters. The fourth-order valence-corrected chi connectivity index (χ4v) is 10.4. The van der Waals surface area contributed by atoms with E-state index in [2.05, 4.69) is 27.5 Å². The smallest absolute Gasteiger partial charge is 0.392 e. The number of nitrogens with zero attached hydrogens (tertiary/aromatic N) is 6. The summed E-state index contributed by atoms with van der Waals surface area (Å²) in [5.74, 6) is 3.39. The highest BCUT2D eigenvalue weighted by atomic mass is 32.1. The molecule has 4 heterocycles. The van der Waals surface area contributed by atoms with Crippen LogP contribution in [-0.2, 0) is 27.1 Å². The number of aliphatic hydroxyl groups excluding tert-OH is 2. The first kappa shape index (κ1) is 51.1. The molecule has 4 N–H and O–H groups in total. The number of anilines is 2. The first-order valence-electron chi connectivity index (χ1n) is 22.5. The predicted octanol–water partition coefficient (Wildman–Crippen LogP) is 6.73. The minimum atomic E-state index is -5.19. The molecule has 4 aromatic rings. The summed E-state index contributed by atoms with van der Waals surface area (Å²) in [6.07, 6.45) is -5.77. The standard InChI is InChI=1S/C50H54F4N8O5S2/c1-29-42(69-28-57-29)33-13-9-32(10-14-33)25-56-44(65)38-23-36(63)26-60(38)45(66)43(48(2,3)4)58-39(64)27-59-21-19-31(20-22-59)8-7-30-11-16-35(17-12-30)62-47(68)61(46(67)49(62,5)6)37-18-15-34(24-55)40(41(37)51)50(52,53)54/h9-18,28,31,36,38,43,45,63,66H,19-23,25-27H2,1-6H3,(H,56,65)(H,58,64)/t36-,38+,43-,45?/m1/s1. The molecule has 3 aliphatic heterocycles. The van der Waals surface area contributed by atoms with Crippen molar-refractivity contribution in [1.29, 1.82) is 5.26 Å². The molecule has 19 heteroatoms. The number of likely N-dealkylation sites (tertiary alicyclic amines) is 2. The molecule has 3 aliphatic rings. The molecule has 13 nitrogen and oxygen atoms in total. The second-order valence-electron chi connectivity index (χ2n) is 19.2. The predicted molar refractivity (Wildman–Crippen MR) is 258 cm³/mol. The molecule has 3 fully saturated rings. The molecule has 0 aliphatic carbocycles. The highest BCUT2D eigenvalue weighted by molar-refractivity contribution is 7.81. The Morgan fingerprint density at radius 3 is 2.30 bits per heavy atom. The monoisotopic (exact) mass is 986 g/mol. The van der Waals surface area contributed by atoms with Crippen LogP contribution in [0, 0.1) is 47.2 Å². The molecule has 7 rings (SSSR count). The van der Waals surface area contributed by atoms with Crippen molar-refractivity contribution in [3.8, 4) is 28.4 Å². The van der Waals surface area contributed by atoms with Crippen molar-refractivity contribution in [2.24, 2.45) is 11.3 Å². The molecular formula is C50H54F4N8O5S2. The van der Waals surface area contributed by atoms with Crippen molar-refractivity contribution >= 4 is 57.8 Å². The van der Waals surface area contributed by atoms with Crippen molar-refractivity contribution in [2.45, 2.75) is 103 Å². The van der Waals surface area contributed by atoms with Crippen LogP contribution in [0.3, 0.4) is 0 Å². The number of hydrogen-bond donors (Lipinski definition) is 4. The van der Waals surface area contributed by atoms with Crippen LogP contribution in [-0.4, -0.2) is 104 Å². The number of carbonyl (C=O) groups excluding carboxylic acids is 3. The largest absolute Gasteiger partial charge is 0.420 e. The van der Waals surface area contributed by atoms with Gasteiger partial charge in [-0.05, 0) is 118 Å². The number of aromatic nitrogens is 1. The number of benzene rings is 3. The van der Waals surface area contributed by atoms with Crippen molar-refractivity contribution in [3.63, 3.8) is 0 Å². The molecule has 3 saturated heterocycles. The third-order valence-electron chi connectivity index (χ3n) is 12.9. The number of nitrogens with one attached hydrogen (secondary N) is 2. The van der Waals surface area contributed by atoms with Crippen LogP contribution in [0.2, 0.25) is 0 Å². The summed E-state index contributed by atoms with van der Waals surface area (Å²) in [4.78, 5) is 51.9. The van der Waals surface area contributed by atoms with Crippen molar-refractivity contribution in [3.05, 3.63) is 99.9 Å². The van der Waals surface area contributed by atoms with E-state index in [1.165, 1.54) is 24.8 Å². The third-order valence-corrected chi connectivity index (χ3v) is 14.2. The lowest BCUT2D eigenvalue weighted by Crippen LogP contribution is -2.61. The molecule has 3 aromatic carbocycles. The Kier molecular flexibility index (Phi) is 15.0. The molecular weight excluding hydrogens is 933 g/mol. The van der Waals surface area contributed by atoms with E-state index in [-0.39, 0.29) is 48.9 Å². The Morgan fingerprint density at radius 1 is 1.04 bits per heavy atom. The maximum Gasteiger partial charge on any atom is 0.420 e. The van der Waals surface area contributed by atoms with Gasteiger partial charge in [-0.3, -0.25) is 29.1 Å². The number of piperidine rings is 1. The Bertz CT molecular complexity index is 2700. The summed E-state index contributed by atoms with van der Waals surface area (Å²) in [6, 6.07) is 16.2. The van der Waals surface area contributed by atoms with Gasteiger partial charge in [-0.2, -0.15) is 18.4 Å². The van der Waals surface area contributed by atoms with Gasteiger partial charge in [0.15, 0.2) is 10.9 Å². The number of nitriles is 1. The highest BCUT2D eigenvalue weighted by Crippen LogP contribution is 2.42. The van der Waals surface area contributed by atoms with Crippen LogP contribution in [0.4, 0.5) is 28.9 Å². The average molecular weight is 987 g/mol. The number of thiocarbonyl (C=S) groups is 1. The van der Waals surface area contributed by atoms with Gasteiger partial charge in [0.05, 0.1) is 58.1 Å². The van der Waals surface area contributed by atoms with Crippen LogP contribution in [0.15, 0.2) is 66.2 Å². The number of alkyl halides is 3. The first-order valence-corrected chi connectivity index (χ1v) is 23.8. The Labute approximate surface area is 408 Å². The van der Waals surface area contributed by atoms with E-state index >= 15 is 4.39 Å². The maximum atomic E-state index is 15.4. The minimum Gasteiger partial charge on any atom is -0.392 e. The quantitative estimate of drug-likeness (QED) is 0.0716. The molecule has 0 bridgehead atoms. The SMILES string of the molecule is Cc1ncsc1-c1ccc(CNC(=O)[C@@H]2C[C@@H](O)CN2C(O)[C@@H](NC(=O)CN2CCC(C#Cc3ccc(N4C(=S)N(c5ccc(C#N)c(C(F)(F)F)c5F)C(=O)C4(C)C)cc3)CC2)C(C)(C)C)cc1. The summed E-state index contributed by atoms with van der Waals surface area (Å²) in [5, 5.41) is 37.4. The Balaban J connectivity index is 0.919. The van der Waals surface area contributed by atoms with Gasteiger partial charge in [-0.15, -0.1) is 11.3 Å². The number of amides is 3. The van der Waals surface area contributed by atoms with E-state index in [0.29, 0.717) is 37.2 Å². The average Bonchev–Trinajstić information content (AvgIpc) is 3.96. The van der Waals surface area contributed by atoms with E-state index in [0.717, 1.165) is 38.7 Å². The lowest BCUT2D eigenvalue weighted by Gasteiger charge is -2.41. The first-order chi connectivity index (χ1) is 32.5. The number of carbonyl (C=O) groups is 3. The molecule has 3 amide bonds. The van der Waals surface area contributed by atoms with Crippen LogP contribution >= 0.6 is 23.6 Å². The number of hydrogen-bond acceptors (Lipinski definition) is 11. The summed E-state index contributed by atoms with van der Waals surface area (Å²) in [6.45, 7) is 12.3. The molecule has 364 valence electrons. The maximum absolute atomic E-state index is 15.4. The summed E-state index contributed by atoms with van der Waals surface area (Å²) < 4.78 is 56.8. The number of β-amino-alcohol motifs (C(OH)–C–C–N with tert-alkyl or cyclic N) is 1. The van der Waals surface area contributed by atoms with Crippen LogP contribution < -0.4 is 20.4 Å². The van der Waals surface area contributed by atoms with Gasteiger partial charge in [0.1, 0.15) is 17.3 Å². The van der Waals surface area contributed by atoms with Crippen molar-refractivity contribution in [2.75, 3.05) is 36.0 Å². The van der Waals surface area contributed by atoms with E-state index in [4.69, 9.17) is 12.2 Å². The van der Waals surface area contributed by atoms with Gasteiger partial charge in [-0.1, -0.05) is 56.9 Å². The van der Waals surface area contributed by atoms with Gasteiger partial charge in [0.2, 0.25) is 11.8 Å². The fourth-order valence-electron chi connectivity index (χ4n) is 9.06. The summed E-state index contributed by atoms with van der Waals surface area (Å²) in [5.41, 5.74) is 0.372. The van der Waals surface area contributed by atoms with E-state index in [1.54, 1.807) is 46.0 Å². The zero-order chi connectivity index (χ0) is 50.2. The van der Waals surface area contributed by atoms with Gasteiger partial charge in [0, 0.05) is 30.3 Å². The number of halogens is 4. The minimum absolute atomic E-state index is 0.0328. The molecule has 0 radical (unpaired) electrons. The van der Waals surface area contributed by atoms with Gasteiger partial charge >= 0.3 is 6.18 Å². The normalized spacial score (nSPS) is 20.0. The second-order valence-corrected chi connectivity index (χ2v) is 20.4. The molecule has 0 saturated carbocycles. The van der Waals surface area contributed by atoms with Crippen molar-refractivity contribution < 1.29 is 42.2 Å². The topological polar surface area (TPSA) is 165 Å². The van der Waals surface area contributed by atoms with Crippen LogP contribution in [0.5, 0.6) is 0 Å². The van der Waals surface area contributed by atoms with Gasteiger partial charge in [0.25, 0.3) is 5.91 Å². The number of rotatable bonds is 11. The van der Waals surface area contributed by atoms with E-state index < -0.39 is 70.1 Å². The molecule has 69 heavy (non-hydrogen) atoms. The van der Waals surface area contributed by atoms with Gasteiger partial charge in [-0.25, -0.2) is 9.37 Å². The summed E-state index contributed by atoms with van der Waals surface area (Å²) in [7, 11) is 0. The number of thiazole rings is 1. The molecule has 0 spiro atoms. The fraction of sp³-hybridized carbons (Fsp3) is 0.440. The lowest BCUT2D eigenvalue weighted by molar-refractivity contribution is -0.140. The number of aryl methyl sites for hydroxylation is 1. The highest BCUT2D eigenvalue weighted by Gasteiger charge is 2.52. The van der Waals surface area contributed by atoms with E-state index in [9.17, 15) is 43.0 Å². The Hall–Kier alpha value is -5.80. The number of aliphatic hydroxyl groups is 2. The van der Waals surface area contributed by atoms with E-state index in [1.807, 2.05) is 56.9 Å².